The second-order valence-corrected chi connectivity index (χ2v) is 5.84. The van der Waals surface area contributed by atoms with Crippen molar-refractivity contribution in [3.05, 3.63) is 17.4 Å². The van der Waals surface area contributed by atoms with Gasteiger partial charge >= 0.3 is 0 Å². The summed E-state index contributed by atoms with van der Waals surface area (Å²) in [6.07, 6.45) is 2.95. The number of aromatic nitrogens is 3. The molecule has 5 nitrogen and oxygen atoms in total. The summed E-state index contributed by atoms with van der Waals surface area (Å²) in [5.41, 5.74) is 0.940. The molecule has 3 heterocycles. The third kappa shape index (κ3) is 2.17. The van der Waals surface area contributed by atoms with Gasteiger partial charge in [-0.2, -0.15) is 5.10 Å². The predicted molar refractivity (Wildman–Crippen MR) is 77.8 cm³/mol. The number of pyridine rings is 1. The summed E-state index contributed by atoms with van der Waals surface area (Å²) >= 11 is 5.90. The Bertz CT molecular complexity index is 594. The van der Waals surface area contributed by atoms with Gasteiger partial charge in [-0.15, -0.1) is 0 Å². The molecule has 1 fully saturated rings. The normalized spacial score (nSPS) is 23.7. The molecule has 1 aliphatic heterocycles. The van der Waals surface area contributed by atoms with Crippen molar-refractivity contribution >= 4 is 28.3 Å². The molecule has 2 unspecified atom stereocenters. The van der Waals surface area contributed by atoms with Crippen LogP contribution < -0.4 is 4.90 Å². The molecule has 19 heavy (non-hydrogen) atoms. The summed E-state index contributed by atoms with van der Waals surface area (Å²) in [5, 5.41) is 9.01. The molecule has 2 aromatic heterocycles. The molecular weight excluding hydrogens is 262 g/mol. The highest BCUT2D eigenvalue weighted by molar-refractivity contribution is 6.30. The van der Waals surface area contributed by atoms with Gasteiger partial charge in [-0.25, -0.2) is 4.98 Å². The van der Waals surface area contributed by atoms with Gasteiger partial charge in [0, 0.05) is 30.9 Å². The second kappa shape index (κ2) is 4.65. The van der Waals surface area contributed by atoms with Gasteiger partial charge < -0.3 is 9.80 Å². The van der Waals surface area contributed by atoms with Crippen molar-refractivity contribution in [2.45, 2.75) is 25.4 Å². The number of nitrogens with one attached hydrogen (secondary N) is 1. The van der Waals surface area contributed by atoms with Crippen molar-refractivity contribution < 1.29 is 0 Å². The topological polar surface area (TPSA) is 48.0 Å². The van der Waals surface area contributed by atoms with Gasteiger partial charge in [0.1, 0.15) is 5.15 Å². The summed E-state index contributed by atoms with van der Waals surface area (Å²) in [7, 11) is 4.26. The maximum absolute atomic E-state index is 5.90. The van der Waals surface area contributed by atoms with Crippen molar-refractivity contribution in [3.8, 4) is 0 Å². The minimum atomic E-state index is 0.481. The van der Waals surface area contributed by atoms with Gasteiger partial charge in [-0.3, -0.25) is 5.10 Å². The van der Waals surface area contributed by atoms with E-state index in [1.54, 1.807) is 6.20 Å². The van der Waals surface area contributed by atoms with Crippen molar-refractivity contribution in [3.63, 3.8) is 0 Å². The minimum Gasteiger partial charge on any atom is -0.350 e. The number of likely N-dealkylation sites (N-methyl/N-ethyl adjacent to an activating group) is 1. The molecule has 102 valence electrons. The second-order valence-electron chi connectivity index (χ2n) is 5.45. The molecule has 0 saturated carbocycles. The standard InChI is InChI=1S/C13H18ClN5/c1-8-4-9(18(2)3)7-19(8)13-10-6-15-12(14)5-11(10)16-17-13/h5-6,8-9H,4,7H2,1-3H3,(H,16,17). The largest absolute Gasteiger partial charge is 0.350 e. The van der Waals surface area contributed by atoms with Gasteiger partial charge in [-0.05, 0) is 27.4 Å². The van der Waals surface area contributed by atoms with E-state index in [1.165, 1.54) is 0 Å². The Kier molecular flexibility index (Phi) is 3.11. The number of anilines is 1. The minimum absolute atomic E-state index is 0.481. The Hall–Kier alpha value is -1.33. The monoisotopic (exact) mass is 279 g/mol. The number of aromatic amines is 1. The first-order valence-corrected chi connectivity index (χ1v) is 6.86. The Morgan fingerprint density at radius 3 is 2.95 bits per heavy atom. The fourth-order valence-corrected chi connectivity index (χ4v) is 2.92. The molecule has 0 radical (unpaired) electrons. The molecular formula is C13H18ClN5. The van der Waals surface area contributed by atoms with Crippen LogP contribution >= 0.6 is 11.6 Å². The van der Waals surface area contributed by atoms with Gasteiger partial charge in [0.25, 0.3) is 0 Å². The van der Waals surface area contributed by atoms with Gasteiger partial charge in [0.2, 0.25) is 0 Å². The van der Waals surface area contributed by atoms with Crippen LogP contribution in [0.15, 0.2) is 12.3 Å². The first-order chi connectivity index (χ1) is 9.06. The van der Waals surface area contributed by atoms with Gasteiger partial charge in [0.15, 0.2) is 5.82 Å². The van der Waals surface area contributed by atoms with E-state index in [0.29, 0.717) is 17.2 Å². The van der Waals surface area contributed by atoms with Crippen LogP contribution in [0.2, 0.25) is 5.15 Å². The zero-order valence-electron chi connectivity index (χ0n) is 11.4. The first-order valence-electron chi connectivity index (χ1n) is 6.49. The number of H-pyrrole nitrogens is 1. The highest BCUT2D eigenvalue weighted by Crippen LogP contribution is 2.31. The number of hydrogen-bond acceptors (Lipinski definition) is 4. The van der Waals surface area contributed by atoms with E-state index in [2.05, 4.69) is 46.0 Å². The Morgan fingerprint density at radius 1 is 1.47 bits per heavy atom. The molecule has 1 aliphatic rings. The third-order valence-electron chi connectivity index (χ3n) is 3.95. The lowest BCUT2D eigenvalue weighted by Crippen LogP contribution is -2.32. The maximum atomic E-state index is 5.90. The summed E-state index contributed by atoms with van der Waals surface area (Å²) in [6.45, 7) is 3.24. The molecule has 0 bridgehead atoms. The highest BCUT2D eigenvalue weighted by atomic mass is 35.5. The fourth-order valence-electron chi connectivity index (χ4n) is 2.76. The number of fused-ring (bicyclic) bond motifs is 1. The molecule has 1 N–H and O–H groups in total. The van der Waals surface area contributed by atoms with E-state index in [1.807, 2.05) is 6.07 Å². The van der Waals surface area contributed by atoms with Crippen molar-refractivity contribution in [2.24, 2.45) is 0 Å². The third-order valence-corrected chi connectivity index (χ3v) is 4.16. The van der Waals surface area contributed by atoms with E-state index < -0.39 is 0 Å². The lowest BCUT2D eigenvalue weighted by atomic mass is 10.2. The van der Waals surface area contributed by atoms with Crippen molar-refractivity contribution in [1.29, 1.82) is 0 Å². The highest BCUT2D eigenvalue weighted by Gasteiger charge is 2.32. The zero-order valence-corrected chi connectivity index (χ0v) is 12.1. The van der Waals surface area contributed by atoms with E-state index in [0.717, 1.165) is 29.7 Å². The van der Waals surface area contributed by atoms with Crippen LogP contribution in [0.5, 0.6) is 0 Å². The van der Waals surface area contributed by atoms with Crippen LogP contribution in [0, 0.1) is 0 Å². The smallest absolute Gasteiger partial charge is 0.160 e. The van der Waals surface area contributed by atoms with Crippen LogP contribution in [0.3, 0.4) is 0 Å². The summed E-state index contributed by atoms with van der Waals surface area (Å²) in [6, 6.07) is 2.87. The summed E-state index contributed by atoms with van der Waals surface area (Å²) < 4.78 is 0. The van der Waals surface area contributed by atoms with Crippen molar-refractivity contribution in [1.82, 2.24) is 20.1 Å². The lowest BCUT2D eigenvalue weighted by molar-refractivity contribution is 0.311. The number of rotatable bonds is 2. The summed E-state index contributed by atoms with van der Waals surface area (Å²) in [5.74, 6) is 0.982. The van der Waals surface area contributed by atoms with Crippen LogP contribution in [-0.2, 0) is 0 Å². The molecule has 0 aliphatic carbocycles. The fraction of sp³-hybridized carbons (Fsp3) is 0.538. The number of hydrogen-bond donors (Lipinski definition) is 1. The van der Waals surface area contributed by atoms with E-state index >= 15 is 0 Å². The van der Waals surface area contributed by atoms with E-state index in [-0.39, 0.29) is 0 Å². The van der Waals surface area contributed by atoms with Crippen LogP contribution in [0.1, 0.15) is 13.3 Å². The van der Waals surface area contributed by atoms with Gasteiger partial charge in [0.05, 0.1) is 10.9 Å². The maximum Gasteiger partial charge on any atom is 0.160 e. The SMILES string of the molecule is CC1CC(N(C)C)CN1c1n[nH]c2cc(Cl)ncc12. The molecule has 0 aromatic carbocycles. The quantitative estimate of drug-likeness (QED) is 0.856. The van der Waals surface area contributed by atoms with Crippen LogP contribution in [-0.4, -0.2) is 52.8 Å². The first kappa shape index (κ1) is 12.7. The molecule has 0 spiro atoms. The van der Waals surface area contributed by atoms with Crippen LogP contribution in [0.4, 0.5) is 5.82 Å². The van der Waals surface area contributed by atoms with E-state index in [9.17, 15) is 0 Å². The Balaban J connectivity index is 1.96. The van der Waals surface area contributed by atoms with Gasteiger partial charge in [-0.1, -0.05) is 11.6 Å². The molecule has 6 heteroatoms. The Morgan fingerprint density at radius 2 is 2.26 bits per heavy atom. The molecule has 3 rings (SSSR count). The van der Waals surface area contributed by atoms with E-state index in [4.69, 9.17) is 11.6 Å². The average molecular weight is 280 g/mol. The molecule has 0 amide bonds. The average Bonchev–Trinajstić information content (AvgIpc) is 2.92. The number of nitrogens with zero attached hydrogens (tertiary/aromatic N) is 4. The van der Waals surface area contributed by atoms with Crippen LogP contribution in [0.25, 0.3) is 10.9 Å². The molecule has 2 aromatic rings. The summed E-state index contributed by atoms with van der Waals surface area (Å²) in [4.78, 5) is 8.78. The Labute approximate surface area is 117 Å². The van der Waals surface area contributed by atoms with Crippen molar-refractivity contribution in [2.75, 3.05) is 25.5 Å². The predicted octanol–water partition coefficient (Wildman–Crippen LogP) is 2.14. The number of halogens is 1. The molecule has 1 saturated heterocycles. The lowest BCUT2D eigenvalue weighted by Gasteiger charge is -2.22. The zero-order chi connectivity index (χ0) is 13.6. The molecule has 2 atom stereocenters.